The van der Waals surface area contributed by atoms with Crippen molar-refractivity contribution in [3.05, 3.63) is 29.6 Å². The molecule has 0 heterocycles. The molecule has 1 aromatic carbocycles. The number of hydrogen-bond donors (Lipinski definition) is 3. The van der Waals surface area contributed by atoms with Crippen LogP contribution in [-0.2, 0) is 4.79 Å². The zero-order chi connectivity index (χ0) is 15.1. The van der Waals surface area contributed by atoms with E-state index in [4.69, 9.17) is 5.73 Å². The molecule has 4 N–H and O–H groups in total. The van der Waals surface area contributed by atoms with Crippen LogP contribution in [0.3, 0.4) is 0 Å². The molecule has 2 amide bonds. The van der Waals surface area contributed by atoms with Crippen LogP contribution >= 0.6 is 0 Å². The highest BCUT2D eigenvalue weighted by molar-refractivity contribution is 6.00. The average Bonchev–Trinajstić information content (AvgIpc) is 2.35. The van der Waals surface area contributed by atoms with Gasteiger partial charge >= 0.3 is 0 Å². The first-order valence-corrected chi connectivity index (χ1v) is 6.57. The van der Waals surface area contributed by atoms with E-state index in [0.29, 0.717) is 6.54 Å². The van der Waals surface area contributed by atoms with E-state index in [1.54, 1.807) is 6.92 Å². The Morgan fingerprint density at radius 3 is 2.70 bits per heavy atom. The van der Waals surface area contributed by atoms with Crippen molar-refractivity contribution in [1.29, 1.82) is 0 Å². The Morgan fingerprint density at radius 2 is 2.10 bits per heavy atom. The Labute approximate surface area is 117 Å². The van der Waals surface area contributed by atoms with Gasteiger partial charge in [0, 0.05) is 19.0 Å². The fourth-order valence-electron chi connectivity index (χ4n) is 1.80. The van der Waals surface area contributed by atoms with Crippen LogP contribution in [0.2, 0.25) is 0 Å². The van der Waals surface area contributed by atoms with Gasteiger partial charge in [-0.2, -0.15) is 0 Å². The molecule has 0 aromatic heterocycles. The van der Waals surface area contributed by atoms with Crippen LogP contribution in [0.15, 0.2) is 18.2 Å². The van der Waals surface area contributed by atoms with E-state index in [-0.39, 0.29) is 17.7 Å². The number of carbonyl (C=O) groups excluding carboxylic acids is 2. The van der Waals surface area contributed by atoms with Gasteiger partial charge in [-0.3, -0.25) is 9.59 Å². The molecule has 6 heteroatoms. The van der Waals surface area contributed by atoms with Gasteiger partial charge in [-0.25, -0.2) is 4.39 Å². The molecule has 0 aliphatic rings. The molecule has 0 aliphatic carbocycles. The highest BCUT2D eigenvalue weighted by atomic mass is 19.1. The van der Waals surface area contributed by atoms with Crippen LogP contribution in [0.1, 0.15) is 37.0 Å². The summed E-state index contributed by atoms with van der Waals surface area (Å²) >= 11 is 0. The molecule has 0 saturated carbocycles. The third-order valence-electron chi connectivity index (χ3n) is 2.69. The second kappa shape index (κ2) is 7.47. The van der Waals surface area contributed by atoms with Crippen molar-refractivity contribution in [3.63, 3.8) is 0 Å². The van der Waals surface area contributed by atoms with Crippen LogP contribution < -0.4 is 16.4 Å². The lowest BCUT2D eigenvalue weighted by Gasteiger charge is -2.15. The van der Waals surface area contributed by atoms with Gasteiger partial charge in [0.15, 0.2) is 0 Å². The summed E-state index contributed by atoms with van der Waals surface area (Å²) in [7, 11) is 0. The fourth-order valence-corrected chi connectivity index (χ4v) is 1.80. The topological polar surface area (TPSA) is 84.2 Å². The largest absolute Gasteiger partial charge is 0.382 e. The highest BCUT2D eigenvalue weighted by Gasteiger charge is 2.17. The summed E-state index contributed by atoms with van der Waals surface area (Å²) in [5.41, 5.74) is 5.46. The Kier molecular flexibility index (Phi) is 5.96. The predicted octanol–water partition coefficient (Wildman–Crippen LogP) is 1.64. The van der Waals surface area contributed by atoms with Crippen LogP contribution in [-0.4, -0.2) is 24.4 Å². The molecule has 5 nitrogen and oxygen atoms in total. The van der Waals surface area contributed by atoms with E-state index in [0.717, 1.165) is 6.42 Å². The minimum atomic E-state index is -0.499. The van der Waals surface area contributed by atoms with Crippen molar-refractivity contribution in [2.45, 2.75) is 32.7 Å². The Hall–Kier alpha value is -2.11. The number of benzene rings is 1. The molecule has 0 saturated heterocycles. The lowest BCUT2D eigenvalue weighted by molar-refractivity contribution is -0.118. The maximum atomic E-state index is 13.8. The monoisotopic (exact) mass is 281 g/mol. The van der Waals surface area contributed by atoms with E-state index in [9.17, 15) is 14.0 Å². The quantitative estimate of drug-likeness (QED) is 0.710. The Balaban J connectivity index is 2.86. The van der Waals surface area contributed by atoms with E-state index in [1.165, 1.54) is 18.2 Å². The molecule has 1 aromatic rings. The maximum Gasteiger partial charge on any atom is 0.253 e. The Morgan fingerprint density at radius 1 is 1.40 bits per heavy atom. The first-order chi connectivity index (χ1) is 9.45. The number of carbonyl (C=O) groups is 2. The number of amides is 2. The van der Waals surface area contributed by atoms with Crippen molar-refractivity contribution in [2.75, 3.05) is 11.9 Å². The molecule has 1 rings (SSSR count). The molecule has 110 valence electrons. The van der Waals surface area contributed by atoms with Gasteiger partial charge in [-0.1, -0.05) is 13.0 Å². The van der Waals surface area contributed by atoms with E-state index < -0.39 is 23.7 Å². The van der Waals surface area contributed by atoms with Gasteiger partial charge < -0.3 is 16.4 Å². The zero-order valence-electron chi connectivity index (χ0n) is 11.7. The normalized spacial score (nSPS) is 11.8. The molecule has 0 fully saturated rings. The van der Waals surface area contributed by atoms with Gasteiger partial charge in [0.05, 0.1) is 11.3 Å². The summed E-state index contributed by atoms with van der Waals surface area (Å²) in [5, 5.41) is 5.52. The lowest BCUT2D eigenvalue weighted by Crippen LogP contribution is -2.36. The number of anilines is 1. The molecule has 0 spiro atoms. The minimum absolute atomic E-state index is 0.0405. The van der Waals surface area contributed by atoms with Crippen molar-refractivity contribution in [2.24, 2.45) is 5.73 Å². The number of nitrogens with one attached hydrogen (secondary N) is 2. The van der Waals surface area contributed by atoms with Gasteiger partial charge in [0.25, 0.3) is 5.91 Å². The van der Waals surface area contributed by atoms with Crippen molar-refractivity contribution in [1.82, 2.24) is 5.32 Å². The molecular formula is C14H20FN3O2. The SMILES string of the molecule is CCCNc1c(F)cccc1C(=O)NC(C)CC(N)=O. The first kappa shape index (κ1) is 15.9. The van der Waals surface area contributed by atoms with Crippen LogP contribution in [0.4, 0.5) is 10.1 Å². The van der Waals surface area contributed by atoms with Gasteiger partial charge in [0.2, 0.25) is 5.91 Å². The second-order valence-corrected chi connectivity index (χ2v) is 4.63. The van der Waals surface area contributed by atoms with E-state index in [2.05, 4.69) is 10.6 Å². The molecule has 0 radical (unpaired) electrons. The average molecular weight is 281 g/mol. The predicted molar refractivity (Wildman–Crippen MR) is 75.9 cm³/mol. The minimum Gasteiger partial charge on any atom is -0.382 e. The smallest absolute Gasteiger partial charge is 0.253 e. The van der Waals surface area contributed by atoms with Crippen LogP contribution in [0, 0.1) is 5.82 Å². The number of primary amides is 1. The lowest BCUT2D eigenvalue weighted by atomic mass is 10.1. The summed E-state index contributed by atoms with van der Waals surface area (Å²) in [6.45, 7) is 4.18. The summed E-state index contributed by atoms with van der Waals surface area (Å²) in [6, 6.07) is 3.90. The summed E-state index contributed by atoms with van der Waals surface area (Å²) in [6.07, 6.45) is 0.853. The van der Waals surface area contributed by atoms with Crippen LogP contribution in [0.25, 0.3) is 0 Å². The number of rotatable bonds is 7. The molecule has 20 heavy (non-hydrogen) atoms. The Bertz CT molecular complexity index is 491. The standard InChI is InChI=1S/C14H20FN3O2/c1-3-7-17-13-10(5-4-6-11(13)15)14(20)18-9(2)8-12(16)19/h4-6,9,17H,3,7-8H2,1-2H3,(H2,16,19)(H,18,20). The number of hydrogen-bond acceptors (Lipinski definition) is 3. The van der Waals surface area contributed by atoms with E-state index >= 15 is 0 Å². The fraction of sp³-hybridized carbons (Fsp3) is 0.429. The van der Waals surface area contributed by atoms with Gasteiger partial charge in [-0.15, -0.1) is 0 Å². The molecule has 0 aliphatic heterocycles. The highest BCUT2D eigenvalue weighted by Crippen LogP contribution is 2.20. The summed E-state index contributed by atoms with van der Waals surface area (Å²) in [4.78, 5) is 22.9. The number of para-hydroxylation sites is 1. The molecular weight excluding hydrogens is 261 g/mol. The third-order valence-corrected chi connectivity index (χ3v) is 2.69. The van der Waals surface area contributed by atoms with Crippen molar-refractivity contribution in [3.8, 4) is 0 Å². The van der Waals surface area contributed by atoms with Crippen molar-refractivity contribution < 1.29 is 14.0 Å². The molecule has 0 bridgehead atoms. The number of nitrogens with two attached hydrogens (primary N) is 1. The summed E-state index contributed by atoms with van der Waals surface area (Å²) in [5.74, 6) is -1.41. The second-order valence-electron chi connectivity index (χ2n) is 4.63. The number of halogens is 1. The van der Waals surface area contributed by atoms with E-state index in [1.807, 2.05) is 6.92 Å². The molecule has 1 atom stereocenters. The third kappa shape index (κ3) is 4.53. The van der Waals surface area contributed by atoms with Crippen molar-refractivity contribution >= 4 is 17.5 Å². The van der Waals surface area contributed by atoms with Crippen LogP contribution in [0.5, 0.6) is 0 Å². The van der Waals surface area contributed by atoms with Gasteiger partial charge in [-0.05, 0) is 25.5 Å². The zero-order valence-corrected chi connectivity index (χ0v) is 11.7. The maximum absolute atomic E-state index is 13.8. The van der Waals surface area contributed by atoms with Gasteiger partial charge in [0.1, 0.15) is 5.82 Å². The first-order valence-electron chi connectivity index (χ1n) is 6.57. The molecule has 1 unspecified atom stereocenters. The summed E-state index contributed by atoms with van der Waals surface area (Å²) < 4.78 is 13.8.